The molecule has 0 aliphatic carbocycles. The number of benzene rings is 1. The fraction of sp³-hybridized carbons (Fsp3) is 0.111. The number of primary sulfonamides is 1. The van der Waals surface area contributed by atoms with Crippen molar-refractivity contribution in [3.63, 3.8) is 0 Å². The van der Waals surface area contributed by atoms with Crippen LogP contribution in [0.25, 0.3) is 0 Å². The fourth-order valence-corrected chi connectivity index (χ4v) is 3.11. The summed E-state index contributed by atoms with van der Waals surface area (Å²) >= 11 is 0. The van der Waals surface area contributed by atoms with E-state index in [1.165, 1.54) is 6.07 Å². The number of hydrogen-bond acceptors (Lipinski definition) is 6. The Morgan fingerprint density at radius 3 is 2.50 bits per heavy atom. The second kappa shape index (κ2) is 7.11. The topological polar surface area (TPSA) is 107 Å². The monoisotopic (exact) mass is 370 g/mol. The van der Waals surface area contributed by atoms with E-state index in [1.807, 2.05) is 26.0 Å². The van der Waals surface area contributed by atoms with E-state index in [-0.39, 0.29) is 4.90 Å². The molecule has 0 unspecified atom stereocenters. The molecule has 26 heavy (non-hydrogen) atoms. The zero-order valence-corrected chi connectivity index (χ0v) is 15.1. The number of para-hydroxylation sites is 1. The van der Waals surface area contributed by atoms with Crippen molar-refractivity contribution in [1.82, 2.24) is 9.97 Å². The molecule has 1 aromatic carbocycles. The summed E-state index contributed by atoms with van der Waals surface area (Å²) in [4.78, 5) is 8.59. The average Bonchev–Trinajstić information content (AvgIpc) is 2.58. The Bertz CT molecular complexity index is 1050. The van der Waals surface area contributed by atoms with Gasteiger partial charge in [0.05, 0.1) is 11.4 Å². The van der Waals surface area contributed by atoms with Crippen LogP contribution in [0.2, 0.25) is 0 Å². The van der Waals surface area contributed by atoms with Gasteiger partial charge in [-0.3, -0.25) is 4.98 Å². The van der Waals surface area contributed by atoms with Gasteiger partial charge in [0.25, 0.3) is 0 Å². The van der Waals surface area contributed by atoms with Gasteiger partial charge in [-0.05, 0) is 50.2 Å². The normalized spacial score (nSPS) is 11.2. The van der Waals surface area contributed by atoms with Gasteiger partial charge in [0.15, 0.2) is 11.6 Å². The Kier molecular flexibility index (Phi) is 4.88. The van der Waals surface area contributed by atoms with Gasteiger partial charge >= 0.3 is 0 Å². The van der Waals surface area contributed by atoms with Gasteiger partial charge in [-0.2, -0.15) is 0 Å². The van der Waals surface area contributed by atoms with Crippen molar-refractivity contribution in [2.45, 2.75) is 18.7 Å². The predicted molar refractivity (Wildman–Crippen MR) is 99.1 cm³/mol. The Labute approximate surface area is 151 Å². The largest absolute Gasteiger partial charge is 0.452 e. The van der Waals surface area contributed by atoms with E-state index in [0.717, 1.165) is 11.4 Å². The number of sulfonamides is 1. The number of ether oxygens (including phenoxy) is 1. The Hall–Kier alpha value is -2.97. The van der Waals surface area contributed by atoms with Crippen LogP contribution in [0.5, 0.6) is 11.5 Å². The van der Waals surface area contributed by atoms with Crippen molar-refractivity contribution in [3.8, 4) is 11.5 Å². The molecule has 0 fully saturated rings. The van der Waals surface area contributed by atoms with E-state index in [2.05, 4.69) is 15.3 Å². The summed E-state index contributed by atoms with van der Waals surface area (Å²) in [6.07, 6.45) is 1.58. The molecule has 0 saturated heterocycles. The Morgan fingerprint density at radius 1 is 1.00 bits per heavy atom. The smallest absolute Gasteiger partial charge is 0.240 e. The van der Waals surface area contributed by atoms with Crippen molar-refractivity contribution < 1.29 is 13.2 Å². The number of aromatic nitrogens is 2. The van der Waals surface area contributed by atoms with Gasteiger partial charge in [-0.15, -0.1) is 0 Å². The summed E-state index contributed by atoms with van der Waals surface area (Å²) in [6.45, 7) is 3.75. The number of pyridine rings is 2. The van der Waals surface area contributed by atoms with Crippen molar-refractivity contribution in [1.29, 1.82) is 0 Å². The third-order valence-electron chi connectivity index (χ3n) is 3.61. The Morgan fingerprint density at radius 2 is 1.77 bits per heavy atom. The molecule has 2 aromatic heterocycles. The van der Waals surface area contributed by atoms with Crippen molar-refractivity contribution in [3.05, 3.63) is 66.1 Å². The SMILES string of the molecule is Cc1ccc(Oc2cccnc2Nc2ccccc2S(N)(=O)=O)c(C)n1. The first-order chi connectivity index (χ1) is 12.3. The van der Waals surface area contributed by atoms with Crippen LogP contribution >= 0.6 is 0 Å². The lowest BCUT2D eigenvalue weighted by Gasteiger charge is -2.14. The summed E-state index contributed by atoms with van der Waals surface area (Å²) in [5.74, 6) is 1.39. The predicted octanol–water partition coefficient (Wildman–Crippen LogP) is 3.28. The Balaban J connectivity index is 1.96. The first-order valence-corrected chi connectivity index (χ1v) is 9.35. The number of nitrogens with zero attached hydrogens (tertiary/aromatic N) is 2. The fourth-order valence-electron chi connectivity index (χ4n) is 2.41. The van der Waals surface area contributed by atoms with Gasteiger partial charge in [0, 0.05) is 11.9 Å². The minimum Gasteiger partial charge on any atom is -0.452 e. The summed E-state index contributed by atoms with van der Waals surface area (Å²) in [6, 6.07) is 13.5. The van der Waals surface area contributed by atoms with Crippen LogP contribution in [0.1, 0.15) is 11.4 Å². The van der Waals surface area contributed by atoms with E-state index >= 15 is 0 Å². The highest BCUT2D eigenvalue weighted by Gasteiger charge is 2.16. The molecule has 0 saturated carbocycles. The zero-order valence-electron chi connectivity index (χ0n) is 14.3. The second-order valence-electron chi connectivity index (χ2n) is 5.65. The molecular weight excluding hydrogens is 352 g/mol. The minimum absolute atomic E-state index is 0.0233. The first-order valence-electron chi connectivity index (χ1n) is 7.80. The molecule has 0 aliphatic heterocycles. The van der Waals surface area contributed by atoms with Crippen LogP contribution < -0.4 is 15.2 Å². The van der Waals surface area contributed by atoms with Crippen LogP contribution in [-0.2, 0) is 10.0 Å². The van der Waals surface area contributed by atoms with E-state index in [9.17, 15) is 8.42 Å². The lowest BCUT2D eigenvalue weighted by atomic mass is 10.3. The summed E-state index contributed by atoms with van der Waals surface area (Å²) in [5.41, 5.74) is 1.95. The summed E-state index contributed by atoms with van der Waals surface area (Å²) in [7, 11) is -3.88. The van der Waals surface area contributed by atoms with Gasteiger partial charge in [0.1, 0.15) is 10.6 Å². The molecule has 7 nitrogen and oxygen atoms in total. The van der Waals surface area contributed by atoms with Crippen LogP contribution in [0.3, 0.4) is 0 Å². The average molecular weight is 370 g/mol. The molecule has 3 aromatic rings. The molecule has 0 aliphatic rings. The van der Waals surface area contributed by atoms with E-state index in [0.29, 0.717) is 23.0 Å². The number of hydrogen-bond donors (Lipinski definition) is 2. The molecular formula is C18H18N4O3S. The van der Waals surface area contributed by atoms with Crippen molar-refractivity contribution in [2.24, 2.45) is 5.14 Å². The van der Waals surface area contributed by atoms with Crippen molar-refractivity contribution >= 4 is 21.5 Å². The standard InChI is InChI=1S/C18H18N4O3S/c1-12-9-10-15(13(2)21-12)25-16-7-5-11-20-18(16)22-14-6-3-4-8-17(14)26(19,23)24/h3-11H,1-2H3,(H,20,22)(H2,19,23,24). The van der Waals surface area contributed by atoms with Gasteiger partial charge < -0.3 is 10.1 Å². The lowest BCUT2D eigenvalue weighted by Crippen LogP contribution is -2.14. The highest BCUT2D eigenvalue weighted by Crippen LogP contribution is 2.32. The maximum atomic E-state index is 11.8. The maximum Gasteiger partial charge on any atom is 0.240 e. The molecule has 0 spiro atoms. The number of anilines is 2. The second-order valence-corrected chi connectivity index (χ2v) is 7.18. The lowest BCUT2D eigenvalue weighted by molar-refractivity contribution is 0.475. The van der Waals surface area contributed by atoms with Gasteiger partial charge in [-0.25, -0.2) is 18.5 Å². The van der Waals surface area contributed by atoms with Crippen molar-refractivity contribution in [2.75, 3.05) is 5.32 Å². The van der Waals surface area contributed by atoms with Gasteiger partial charge in [-0.1, -0.05) is 12.1 Å². The number of nitrogens with one attached hydrogen (secondary N) is 1. The van der Waals surface area contributed by atoms with Crippen LogP contribution in [-0.4, -0.2) is 18.4 Å². The first kappa shape index (κ1) is 17.8. The van der Waals surface area contributed by atoms with Gasteiger partial charge in [0.2, 0.25) is 10.0 Å². The molecule has 2 heterocycles. The van der Waals surface area contributed by atoms with E-state index in [1.54, 1.807) is 36.5 Å². The molecule has 134 valence electrons. The number of nitrogens with two attached hydrogens (primary N) is 1. The molecule has 3 rings (SSSR count). The van der Waals surface area contributed by atoms with Crippen LogP contribution in [0, 0.1) is 13.8 Å². The maximum absolute atomic E-state index is 11.8. The molecule has 0 amide bonds. The highest BCUT2D eigenvalue weighted by molar-refractivity contribution is 7.89. The number of rotatable bonds is 5. The number of aryl methyl sites for hydroxylation is 2. The summed E-state index contributed by atoms with van der Waals surface area (Å²) in [5, 5.41) is 8.26. The zero-order chi connectivity index (χ0) is 18.7. The quantitative estimate of drug-likeness (QED) is 0.714. The third-order valence-corrected chi connectivity index (χ3v) is 4.58. The van der Waals surface area contributed by atoms with E-state index < -0.39 is 10.0 Å². The van der Waals surface area contributed by atoms with E-state index in [4.69, 9.17) is 9.88 Å². The summed E-state index contributed by atoms with van der Waals surface area (Å²) < 4.78 is 29.5. The molecule has 0 atom stereocenters. The highest BCUT2D eigenvalue weighted by atomic mass is 32.2. The molecule has 8 heteroatoms. The molecule has 0 bridgehead atoms. The molecule has 0 radical (unpaired) electrons. The minimum atomic E-state index is -3.88. The van der Waals surface area contributed by atoms with Crippen LogP contribution in [0.15, 0.2) is 59.6 Å². The third kappa shape index (κ3) is 3.98. The van der Waals surface area contributed by atoms with Crippen LogP contribution in [0.4, 0.5) is 11.5 Å². The molecule has 3 N–H and O–H groups in total.